The molecule has 26 heavy (non-hydrogen) atoms. The summed E-state index contributed by atoms with van der Waals surface area (Å²) in [5.41, 5.74) is 0.887. The Balaban J connectivity index is 1.67. The predicted octanol–water partition coefficient (Wildman–Crippen LogP) is 3.56. The van der Waals surface area contributed by atoms with Crippen molar-refractivity contribution in [3.63, 3.8) is 0 Å². The molecule has 3 aromatic rings. The first-order chi connectivity index (χ1) is 12.5. The van der Waals surface area contributed by atoms with Gasteiger partial charge in [-0.1, -0.05) is 6.07 Å². The van der Waals surface area contributed by atoms with E-state index in [1.165, 1.54) is 35.6 Å². The Morgan fingerprint density at radius 2 is 1.73 bits per heavy atom. The van der Waals surface area contributed by atoms with Crippen molar-refractivity contribution in [1.82, 2.24) is 4.98 Å². The number of nitro groups is 1. The molecule has 3 rings (SSSR count). The van der Waals surface area contributed by atoms with Crippen molar-refractivity contribution >= 4 is 39.7 Å². The first kappa shape index (κ1) is 17.2. The minimum atomic E-state index is -0.563. The standard InChI is InChI=1S/C17H12N4O4S/c22-15(20-17-18-8-9-26-17)11-4-6-13(7-5-11)19-16(23)12-2-1-3-14(10-12)21(24)25/h1-10H,(H,19,23)(H,18,20,22). The Labute approximate surface area is 151 Å². The van der Waals surface area contributed by atoms with E-state index in [1.807, 2.05) is 0 Å². The molecule has 8 nitrogen and oxygen atoms in total. The second kappa shape index (κ2) is 7.53. The topological polar surface area (TPSA) is 114 Å². The monoisotopic (exact) mass is 368 g/mol. The number of carbonyl (C=O) groups excluding carboxylic acids is 2. The number of amides is 2. The fourth-order valence-electron chi connectivity index (χ4n) is 2.12. The molecule has 1 aromatic heterocycles. The van der Waals surface area contributed by atoms with Gasteiger partial charge in [0.1, 0.15) is 0 Å². The third-order valence-corrected chi connectivity index (χ3v) is 4.07. The molecule has 1 heterocycles. The normalized spacial score (nSPS) is 10.2. The van der Waals surface area contributed by atoms with E-state index in [0.29, 0.717) is 16.4 Å². The van der Waals surface area contributed by atoms with Gasteiger partial charge >= 0.3 is 0 Å². The van der Waals surface area contributed by atoms with Crippen LogP contribution in [0.1, 0.15) is 20.7 Å². The summed E-state index contributed by atoms with van der Waals surface area (Å²) < 4.78 is 0. The summed E-state index contributed by atoms with van der Waals surface area (Å²) in [4.78, 5) is 38.5. The second-order valence-electron chi connectivity index (χ2n) is 5.13. The number of carbonyl (C=O) groups is 2. The molecule has 0 bridgehead atoms. The van der Waals surface area contributed by atoms with Gasteiger partial charge in [-0.05, 0) is 30.3 Å². The maximum Gasteiger partial charge on any atom is 0.270 e. The molecular formula is C17H12N4O4S. The van der Waals surface area contributed by atoms with Crippen LogP contribution in [0.25, 0.3) is 0 Å². The molecule has 0 unspecified atom stereocenters. The van der Waals surface area contributed by atoms with Gasteiger partial charge in [-0.2, -0.15) is 0 Å². The van der Waals surface area contributed by atoms with Crippen molar-refractivity contribution in [1.29, 1.82) is 0 Å². The molecule has 2 N–H and O–H groups in total. The predicted molar refractivity (Wildman–Crippen MR) is 97.6 cm³/mol. The van der Waals surface area contributed by atoms with E-state index in [0.717, 1.165) is 0 Å². The van der Waals surface area contributed by atoms with Gasteiger partial charge in [0.05, 0.1) is 4.92 Å². The average Bonchev–Trinajstić information content (AvgIpc) is 3.15. The number of aromatic nitrogens is 1. The van der Waals surface area contributed by atoms with Gasteiger partial charge in [-0.3, -0.25) is 25.0 Å². The zero-order valence-corrected chi connectivity index (χ0v) is 14.0. The molecule has 9 heteroatoms. The van der Waals surface area contributed by atoms with Crippen molar-refractivity contribution in [3.05, 3.63) is 81.3 Å². The lowest BCUT2D eigenvalue weighted by molar-refractivity contribution is -0.384. The fourth-order valence-corrected chi connectivity index (χ4v) is 2.65. The van der Waals surface area contributed by atoms with Crippen LogP contribution in [0.2, 0.25) is 0 Å². The number of thiazole rings is 1. The maximum atomic E-state index is 12.2. The summed E-state index contributed by atoms with van der Waals surface area (Å²) in [5.74, 6) is -0.787. The highest BCUT2D eigenvalue weighted by Crippen LogP contribution is 2.17. The minimum Gasteiger partial charge on any atom is -0.322 e. The Kier molecular flexibility index (Phi) is 4.99. The molecule has 0 saturated heterocycles. The van der Waals surface area contributed by atoms with E-state index in [1.54, 1.807) is 35.8 Å². The molecule has 2 aromatic carbocycles. The SMILES string of the molecule is O=C(Nc1ccc(C(=O)Nc2nccs2)cc1)c1cccc([N+](=O)[O-])c1. The maximum absolute atomic E-state index is 12.2. The number of nitro benzene ring substituents is 1. The molecule has 0 aliphatic carbocycles. The van der Waals surface area contributed by atoms with Crippen LogP contribution in [-0.2, 0) is 0 Å². The van der Waals surface area contributed by atoms with Crippen molar-refractivity contribution in [2.75, 3.05) is 10.6 Å². The van der Waals surface area contributed by atoms with E-state index in [-0.39, 0.29) is 17.2 Å². The van der Waals surface area contributed by atoms with Crippen LogP contribution >= 0.6 is 11.3 Å². The average molecular weight is 368 g/mol. The van der Waals surface area contributed by atoms with Crippen LogP contribution < -0.4 is 10.6 Å². The number of anilines is 2. The van der Waals surface area contributed by atoms with Crippen LogP contribution in [0, 0.1) is 10.1 Å². The molecule has 0 saturated carbocycles. The van der Waals surface area contributed by atoms with Gasteiger partial charge in [-0.25, -0.2) is 4.98 Å². The Hall–Kier alpha value is -3.59. The highest BCUT2D eigenvalue weighted by atomic mass is 32.1. The number of nitrogens with one attached hydrogen (secondary N) is 2. The highest BCUT2D eigenvalue weighted by Gasteiger charge is 2.12. The first-order valence-electron chi connectivity index (χ1n) is 7.39. The van der Waals surface area contributed by atoms with Crippen LogP contribution in [0.3, 0.4) is 0 Å². The van der Waals surface area contributed by atoms with Gasteiger partial charge in [0.15, 0.2) is 5.13 Å². The molecule has 0 fully saturated rings. The summed E-state index contributed by atoms with van der Waals surface area (Å²) >= 11 is 1.31. The molecule has 2 amide bonds. The van der Waals surface area contributed by atoms with Crippen molar-refractivity contribution in [2.24, 2.45) is 0 Å². The number of hydrogen-bond acceptors (Lipinski definition) is 6. The zero-order chi connectivity index (χ0) is 18.5. The smallest absolute Gasteiger partial charge is 0.270 e. The third-order valence-electron chi connectivity index (χ3n) is 3.38. The molecule has 130 valence electrons. The lowest BCUT2D eigenvalue weighted by Crippen LogP contribution is -2.13. The second-order valence-corrected chi connectivity index (χ2v) is 6.02. The van der Waals surface area contributed by atoms with Crippen molar-refractivity contribution in [2.45, 2.75) is 0 Å². The summed E-state index contributed by atoms with van der Waals surface area (Å²) in [7, 11) is 0. The summed E-state index contributed by atoms with van der Waals surface area (Å²) in [6.07, 6.45) is 1.59. The number of non-ortho nitro benzene ring substituents is 1. The van der Waals surface area contributed by atoms with E-state index >= 15 is 0 Å². The van der Waals surface area contributed by atoms with Gasteiger partial charge < -0.3 is 5.32 Å². The largest absolute Gasteiger partial charge is 0.322 e. The van der Waals surface area contributed by atoms with Gasteiger partial charge in [0, 0.05) is 40.5 Å². The van der Waals surface area contributed by atoms with Crippen molar-refractivity contribution < 1.29 is 14.5 Å². The summed E-state index contributed by atoms with van der Waals surface area (Å²) in [5, 5.41) is 18.3. The molecule has 0 aliphatic rings. The Bertz CT molecular complexity index is 955. The van der Waals surface area contributed by atoms with Crippen LogP contribution in [0.5, 0.6) is 0 Å². The van der Waals surface area contributed by atoms with Crippen LogP contribution in [-0.4, -0.2) is 21.7 Å². The third kappa shape index (κ3) is 4.08. The fraction of sp³-hybridized carbons (Fsp3) is 0. The van der Waals surface area contributed by atoms with E-state index in [2.05, 4.69) is 15.6 Å². The lowest BCUT2D eigenvalue weighted by atomic mass is 10.1. The number of nitrogens with zero attached hydrogens (tertiary/aromatic N) is 2. The van der Waals surface area contributed by atoms with Crippen LogP contribution in [0.15, 0.2) is 60.1 Å². The minimum absolute atomic E-state index is 0.160. The number of rotatable bonds is 5. The van der Waals surface area contributed by atoms with Crippen LogP contribution in [0.4, 0.5) is 16.5 Å². The quantitative estimate of drug-likeness (QED) is 0.528. The number of hydrogen-bond donors (Lipinski definition) is 2. The van der Waals surface area contributed by atoms with Crippen molar-refractivity contribution in [3.8, 4) is 0 Å². The van der Waals surface area contributed by atoms with E-state index < -0.39 is 10.8 Å². The molecule has 0 atom stereocenters. The van der Waals surface area contributed by atoms with Gasteiger partial charge in [0.25, 0.3) is 17.5 Å². The zero-order valence-electron chi connectivity index (χ0n) is 13.2. The van der Waals surface area contributed by atoms with Gasteiger partial charge in [0.2, 0.25) is 0 Å². The van der Waals surface area contributed by atoms with Gasteiger partial charge in [-0.15, -0.1) is 11.3 Å². The molecule has 0 aliphatic heterocycles. The molecule has 0 spiro atoms. The Morgan fingerprint density at radius 1 is 1.00 bits per heavy atom. The first-order valence-corrected chi connectivity index (χ1v) is 8.27. The highest BCUT2D eigenvalue weighted by molar-refractivity contribution is 7.13. The lowest BCUT2D eigenvalue weighted by Gasteiger charge is -2.07. The number of benzene rings is 2. The molecule has 0 radical (unpaired) electrons. The Morgan fingerprint density at radius 3 is 2.38 bits per heavy atom. The van der Waals surface area contributed by atoms with E-state index in [9.17, 15) is 19.7 Å². The molecular weight excluding hydrogens is 356 g/mol. The van der Waals surface area contributed by atoms with E-state index in [4.69, 9.17) is 0 Å². The summed E-state index contributed by atoms with van der Waals surface area (Å²) in [6.45, 7) is 0. The summed E-state index contributed by atoms with van der Waals surface area (Å²) in [6, 6.07) is 11.7.